The average molecular weight is 343 g/mol. The lowest BCUT2D eigenvalue weighted by molar-refractivity contribution is -0.150. The lowest BCUT2D eigenvalue weighted by atomic mass is 10.1. The first-order valence-electron chi connectivity index (χ1n) is 6.82. The molecule has 0 spiro atoms. The van der Waals surface area contributed by atoms with Gasteiger partial charge in [-0.15, -0.1) is 0 Å². The third-order valence-electron chi connectivity index (χ3n) is 2.28. The molecule has 7 nitrogen and oxygen atoms in total. The van der Waals surface area contributed by atoms with Gasteiger partial charge in [0.2, 0.25) is 0 Å². The molecule has 0 aliphatic carbocycles. The van der Waals surface area contributed by atoms with Crippen molar-refractivity contribution in [3.05, 3.63) is 29.3 Å². The third kappa shape index (κ3) is 8.67. The highest BCUT2D eigenvalue weighted by Gasteiger charge is 2.16. The van der Waals surface area contributed by atoms with Crippen molar-refractivity contribution < 1.29 is 23.9 Å². The van der Waals surface area contributed by atoms with Gasteiger partial charge in [0, 0.05) is 10.6 Å². The summed E-state index contributed by atoms with van der Waals surface area (Å²) in [7, 11) is 0. The van der Waals surface area contributed by atoms with E-state index in [-0.39, 0.29) is 6.61 Å². The van der Waals surface area contributed by atoms with E-state index in [0.29, 0.717) is 10.8 Å². The number of halogens is 1. The summed E-state index contributed by atoms with van der Waals surface area (Å²) in [5, 5.41) is 5.14. The van der Waals surface area contributed by atoms with Crippen molar-refractivity contribution in [2.75, 3.05) is 13.2 Å². The molecule has 0 bridgehead atoms. The number of carbonyl (C=O) groups excluding carboxylic acids is 3. The van der Waals surface area contributed by atoms with Gasteiger partial charge in [-0.1, -0.05) is 11.6 Å². The Morgan fingerprint density at radius 3 is 2.26 bits per heavy atom. The Balaban J connectivity index is 2.26. The molecule has 126 valence electrons. The maximum atomic E-state index is 11.5. The van der Waals surface area contributed by atoms with Gasteiger partial charge in [-0.05, 0) is 45.0 Å². The Kier molecular flexibility index (Phi) is 6.84. The summed E-state index contributed by atoms with van der Waals surface area (Å²) in [6, 6.07) is 5.77. The number of esters is 1. The van der Waals surface area contributed by atoms with Crippen LogP contribution in [0.4, 0.5) is 4.79 Å². The molecule has 0 saturated carbocycles. The molecular formula is C15H19ClN2O5. The van der Waals surface area contributed by atoms with Gasteiger partial charge in [0.15, 0.2) is 13.2 Å². The van der Waals surface area contributed by atoms with Gasteiger partial charge in [-0.2, -0.15) is 0 Å². The molecule has 2 N–H and O–H groups in total. The second kappa shape index (κ2) is 8.38. The fraction of sp³-hybridized carbons (Fsp3) is 0.400. The van der Waals surface area contributed by atoms with E-state index < -0.39 is 30.1 Å². The molecule has 0 aromatic heterocycles. The number of rotatable bonds is 5. The molecule has 1 aromatic rings. The zero-order valence-electron chi connectivity index (χ0n) is 13.1. The minimum absolute atomic E-state index is 0.358. The molecule has 0 aliphatic rings. The van der Waals surface area contributed by atoms with Gasteiger partial charge in [0.05, 0.1) is 0 Å². The van der Waals surface area contributed by atoms with Crippen molar-refractivity contribution in [1.29, 1.82) is 0 Å². The van der Waals surface area contributed by atoms with Gasteiger partial charge in [-0.3, -0.25) is 10.1 Å². The van der Waals surface area contributed by atoms with Crippen LogP contribution >= 0.6 is 11.6 Å². The van der Waals surface area contributed by atoms with E-state index in [2.05, 4.69) is 10.6 Å². The predicted molar refractivity (Wildman–Crippen MR) is 84.3 cm³/mol. The van der Waals surface area contributed by atoms with E-state index in [0.717, 1.165) is 0 Å². The highest BCUT2D eigenvalue weighted by atomic mass is 35.5. The molecule has 0 atom stereocenters. The second-order valence-corrected chi connectivity index (χ2v) is 6.09. The van der Waals surface area contributed by atoms with Crippen molar-refractivity contribution in [2.45, 2.75) is 26.3 Å². The van der Waals surface area contributed by atoms with Gasteiger partial charge >= 0.3 is 12.0 Å². The largest absolute Gasteiger partial charge is 0.482 e. The number of hydrogen-bond donors (Lipinski definition) is 2. The molecule has 0 radical (unpaired) electrons. The van der Waals surface area contributed by atoms with Crippen molar-refractivity contribution in [3.63, 3.8) is 0 Å². The molecule has 23 heavy (non-hydrogen) atoms. The second-order valence-electron chi connectivity index (χ2n) is 5.66. The smallest absolute Gasteiger partial charge is 0.344 e. The van der Waals surface area contributed by atoms with Gasteiger partial charge in [-0.25, -0.2) is 9.59 Å². The van der Waals surface area contributed by atoms with E-state index in [4.69, 9.17) is 21.1 Å². The van der Waals surface area contributed by atoms with Crippen molar-refractivity contribution >= 4 is 29.5 Å². The minimum atomic E-state index is -0.730. The van der Waals surface area contributed by atoms with Crippen molar-refractivity contribution in [2.24, 2.45) is 0 Å². The lowest BCUT2D eigenvalue weighted by Crippen LogP contribution is -2.49. The molecular weight excluding hydrogens is 324 g/mol. The van der Waals surface area contributed by atoms with Crippen LogP contribution in [-0.4, -0.2) is 36.7 Å². The quantitative estimate of drug-likeness (QED) is 0.797. The van der Waals surface area contributed by atoms with Gasteiger partial charge in [0.1, 0.15) is 5.75 Å². The average Bonchev–Trinajstić information content (AvgIpc) is 2.42. The van der Waals surface area contributed by atoms with Gasteiger partial charge in [0.25, 0.3) is 5.91 Å². The number of ether oxygens (including phenoxy) is 2. The Bertz CT molecular complexity index is 566. The lowest BCUT2D eigenvalue weighted by Gasteiger charge is -2.20. The minimum Gasteiger partial charge on any atom is -0.482 e. The molecule has 0 aliphatic heterocycles. The normalized spacial score (nSPS) is 10.6. The topological polar surface area (TPSA) is 93.7 Å². The van der Waals surface area contributed by atoms with Crippen LogP contribution in [0.2, 0.25) is 5.02 Å². The van der Waals surface area contributed by atoms with E-state index >= 15 is 0 Å². The van der Waals surface area contributed by atoms with E-state index in [1.807, 2.05) is 0 Å². The first kappa shape index (κ1) is 18.8. The number of benzene rings is 1. The number of urea groups is 1. The van der Waals surface area contributed by atoms with Crippen LogP contribution in [0.1, 0.15) is 20.8 Å². The van der Waals surface area contributed by atoms with Crippen molar-refractivity contribution in [3.8, 4) is 5.75 Å². The highest BCUT2D eigenvalue weighted by Crippen LogP contribution is 2.15. The molecule has 0 heterocycles. The molecule has 0 saturated heterocycles. The summed E-state index contributed by atoms with van der Waals surface area (Å²) >= 11 is 5.72. The summed E-state index contributed by atoms with van der Waals surface area (Å²) in [6.07, 6.45) is 0. The summed E-state index contributed by atoms with van der Waals surface area (Å²) < 4.78 is 9.86. The van der Waals surface area contributed by atoms with Crippen LogP contribution in [0, 0.1) is 0 Å². The first-order chi connectivity index (χ1) is 10.7. The van der Waals surface area contributed by atoms with Gasteiger partial charge < -0.3 is 14.8 Å². The number of carbonyl (C=O) groups is 3. The number of nitrogens with one attached hydrogen (secondary N) is 2. The first-order valence-corrected chi connectivity index (χ1v) is 7.19. The highest BCUT2D eigenvalue weighted by molar-refractivity contribution is 6.30. The Morgan fingerprint density at radius 1 is 1.09 bits per heavy atom. The van der Waals surface area contributed by atoms with E-state index in [9.17, 15) is 14.4 Å². The van der Waals surface area contributed by atoms with Crippen LogP contribution in [0.3, 0.4) is 0 Å². The zero-order valence-corrected chi connectivity index (χ0v) is 13.9. The summed E-state index contributed by atoms with van der Waals surface area (Å²) in [5.41, 5.74) is -0.479. The molecule has 0 unspecified atom stereocenters. The number of hydrogen-bond acceptors (Lipinski definition) is 5. The van der Waals surface area contributed by atoms with Crippen LogP contribution in [0.15, 0.2) is 24.3 Å². The molecule has 8 heteroatoms. The molecule has 1 aromatic carbocycles. The Morgan fingerprint density at radius 2 is 1.70 bits per heavy atom. The fourth-order valence-corrected chi connectivity index (χ4v) is 1.52. The Hall–Kier alpha value is -2.28. The predicted octanol–water partition coefficient (Wildman–Crippen LogP) is 1.89. The zero-order chi connectivity index (χ0) is 17.5. The third-order valence-corrected chi connectivity index (χ3v) is 2.53. The number of amides is 3. The summed E-state index contributed by atoms with van der Waals surface area (Å²) in [6.45, 7) is 4.38. The summed E-state index contributed by atoms with van der Waals surface area (Å²) in [4.78, 5) is 34.3. The standard InChI is InChI=1S/C15H19ClN2O5/c1-15(2,3)18-14(21)17-12(19)8-23-13(20)9-22-11-6-4-10(16)5-7-11/h4-7H,8-9H2,1-3H3,(H2,17,18,19,21). The van der Waals surface area contributed by atoms with Crippen LogP contribution < -0.4 is 15.4 Å². The van der Waals surface area contributed by atoms with Crippen LogP contribution in [0.25, 0.3) is 0 Å². The molecule has 0 fully saturated rings. The molecule has 1 rings (SSSR count). The SMILES string of the molecule is CC(C)(C)NC(=O)NC(=O)COC(=O)COc1ccc(Cl)cc1. The monoisotopic (exact) mass is 342 g/mol. The summed E-state index contributed by atoms with van der Waals surface area (Å²) in [5.74, 6) is -1.02. The van der Waals surface area contributed by atoms with Crippen LogP contribution in [-0.2, 0) is 14.3 Å². The van der Waals surface area contributed by atoms with Crippen LogP contribution in [0.5, 0.6) is 5.75 Å². The number of imide groups is 1. The van der Waals surface area contributed by atoms with Crippen molar-refractivity contribution in [1.82, 2.24) is 10.6 Å². The van der Waals surface area contributed by atoms with E-state index in [1.165, 1.54) is 0 Å². The Labute approximate surface area is 139 Å². The molecule has 3 amide bonds. The maximum Gasteiger partial charge on any atom is 0.344 e. The maximum absolute atomic E-state index is 11.5. The van der Waals surface area contributed by atoms with E-state index in [1.54, 1.807) is 45.0 Å². The fourth-order valence-electron chi connectivity index (χ4n) is 1.40.